The van der Waals surface area contributed by atoms with Crippen LogP contribution in [0.4, 0.5) is 5.69 Å². The van der Waals surface area contributed by atoms with Crippen molar-refractivity contribution in [2.24, 2.45) is 0 Å². The van der Waals surface area contributed by atoms with E-state index in [-0.39, 0.29) is 11.5 Å². The van der Waals surface area contributed by atoms with E-state index in [1.165, 1.54) is 18.2 Å². The molecule has 0 heterocycles. The number of benzene rings is 1. The first kappa shape index (κ1) is 15.1. The molecule has 1 rings (SSSR count). The van der Waals surface area contributed by atoms with Gasteiger partial charge in [-0.05, 0) is 18.1 Å². The van der Waals surface area contributed by atoms with Crippen molar-refractivity contribution in [2.45, 2.75) is 39.0 Å². The number of carbonyl (C=O) groups is 1. The summed E-state index contributed by atoms with van der Waals surface area (Å²) < 4.78 is 0. The summed E-state index contributed by atoms with van der Waals surface area (Å²) in [6.07, 6.45) is 7.98. The Morgan fingerprint density at radius 2 is 2.11 bits per heavy atom. The number of nitrogens with zero attached hydrogens (tertiary/aromatic N) is 1. The van der Waals surface area contributed by atoms with Gasteiger partial charge in [0.15, 0.2) is 5.78 Å². The molecule has 0 atom stereocenters. The summed E-state index contributed by atoms with van der Waals surface area (Å²) in [5.41, 5.74) is 0.716. The highest BCUT2D eigenvalue weighted by molar-refractivity contribution is 5.93. The first-order chi connectivity index (χ1) is 9.13. The van der Waals surface area contributed by atoms with Crippen LogP contribution in [-0.2, 0) is 4.79 Å². The van der Waals surface area contributed by atoms with E-state index in [0.29, 0.717) is 12.0 Å². The molecule has 0 aliphatic rings. The van der Waals surface area contributed by atoms with E-state index in [9.17, 15) is 14.9 Å². The van der Waals surface area contributed by atoms with Crippen LogP contribution in [0.2, 0.25) is 0 Å². The molecule has 1 aromatic carbocycles. The van der Waals surface area contributed by atoms with Gasteiger partial charge in [-0.15, -0.1) is 0 Å². The van der Waals surface area contributed by atoms with Crippen LogP contribution in [0, 0.1) is 10.1 Å². The molecule has 0 saturated heterocycles. The lowest BCUT2D eigenvalue weighted by atomic mass is 10.1. The second-order valence-corrected chi connectivity index (χ2v) is 4.46. The van der Waals surface area contributed by atoms with Crippen molar-refractivity contribution in [2.75, 3.05) is 0 Å². The molecule has 4 heteroatoms. The molecule has 0 spiro atoms. The van der Waals surface area contributed by atoms with Gasteiger partial charge in [-0.1, -0.05) is 44.4 Å². The summed E-state index contributed by atoms with van der Waals surface area (Å²) in [4.78, 5) is 21.7. The van der Waals surface area contributed by atoms with Crippen molar-refractivity contribution in [3.63, 3.8) is 0 Å². The Labute approximate surface area is 113 Å². The minimum atomic E-state index is -0.441. The summed E-state index contributed by atoms with van der Waals surface area (Å²) in [5.74, 6) is 0.0719. The molecule has 4 nitrogen and oxygen atoms in total. The number of carbonyl (C=O) groups excluding carboxylic acids is 1. The Bertz CT molecular complexity index is 466. The van der Waals surface area contributed by atoms with Crippen LogP contribution in [-0.4, -0.2) is 10.7 Å². The van der Waals surface area contributed by atoms with Crippen LogP contribution < -0.4 is 0 Å². The zero-order chi connectivity index (χ0) is 14.1. The van der Waals surface area contributed by atoms with Crippen molar-refractivity contribution in [1.82, 2.24) is 0 Å². The number of nitro groups is 1. The maximum absolute atomic E-state index is 11.6. The fraction of sp³-hybridized carbons (Fsp3) is 0.400. The van der Waals surface area contributed by atoms with Crippen molar-refractivity contribution in [3.8, 4) is 0 Å². The Hall–Kier alpha value is -1.97. The summed E-state index contributed by atoms with van der Waals surface area (Å²) in [7, 11) is 0. The lowest BCUT2D eigenvalue weighted by Crippen LogP contribution is -1.92. The molecular formula is C15H19NO3. The second kappa shape index (κ2) is 8.19. The number of rotatable bonds is 8. The van der Waals surface area contributed by atoms with Crippen molar-refractivity contribution in [1.29, 1.82) is 0 Å². The molecule has 0 aromatic heterocycles. The summed E-state index contributed by atoms with van der Waals surface area (Å²) in [5, 5.41) is 10.6. The SMILES string of the molecule is CCCCCCC(=O)C=Cc1cccc([N+](=O)[O-])c1. The Balaban J connectivity index is 2.49. The molecular weight excluding hydrogens is 242 g/mol. The maximum Gasteiger partial charge on any atom is 0.270 e. The normalized spacial score (nSPS) is 10.8. The first-order valence-corrected chi connectivity index (χ1v) is 6.59. The molecule has 0 N–H and O–H groups in total. The van der Waals surface area contributed by atoms with E-state index in [4.69, 9.17) is 0 Å². The fourth-order valence-electron chi connectivity index (χ4n) is 1.74. The molecule has 0 radical (unpaired) electrons. The molecule has 0 amide bonds. The summed E-state index contributed by atoms with van der Waals surface area (Å²) in [6, 6.07) is 6.25. The number of unbranched alkanes of at least 4 members (excludes halogenated alkanes) is 3. The number of hydrogen-bond acceptors (Lipinski definition) is 3. The van der Waals surface area contributed by atoms with E-state index in [1.54, 1.807) is 18.2 Å². The third kappa shape index (κ3) is 5.95. The Morgan fingerprint density at radius 3 is 2.79 bits per heavy atom. The monoisotopic (exact) mass is 261 g/mol. The average molecular weight is 261 g/mol. The molecule has 0 unspecified atom stereocenters. The lowest BCUT2D eigenvalue weighted by Gasteiger charge is -1.96. The van der Waals surface area contributed by atoms with Crippen LogP contribution in [0.5, 0.6) is 0 Å². The maximum atomic E-state index is 11.6. The Kier molecular flexibility index (Phi) is 6.50. The van der Waals surface area contributed by atoms with Gasteiger partial charge in [0.25, 0.3) is 5.69 Å². The predicted molar refractivity (Wildman–Crippen MR) is 75.9 cm³/mol. The van der Waals surface area contributed by atoms with Crippen LogP contribution >= 0.6 is 0 Å². The van der Waals surface area contributed by atoms with Crippen LogP contribution in [0.15, 0.2) is 30.3 Å². The fourth-order valence-corrected chi connectivity index (χ4v) is 1.74. The smallest absolute Gasteiger partial charge is 0.270 e. The van der Waals surface area contributed by atoms with Gasteiger partial charge in [0, 0.05) is 18.6 Å². The van der Waals surface area contributed by atoms with Crippen LogP contribution in [0.25, 0.3) is 6.08 Å². The number of hydrogen-bond donors (Lipinski definition) is 0. The number of non-ortho nitro benzene ring substituents is 1. The zero-order valence-electron chi connectivity index (χ0n) is 11.2. The first-order valence-electron chi connectivity index (χ1n) is 6.59. The number of allylic oxidation sites excluding steroid dienone is 1. The zero-order valence-corrected chi connectivity index (χ0v) is 11.2. The molecule has 19 heavy (non-hydrogen) atoms. The van der Waals surface area contributed by atoms with Crippen LogP contribution in [0.1, 0.15) is 44.6 Å². The highest BCUT2D eigenvalue weighted by Gasteiger charge is 2.04. The molecule has 102 valence electrons. The van der Waals surface area contributed by atoms with E-state index >= 15 is 0 Å². The highest BCUT2D eigenvalue weighted by Crippen LogP contribution is 2.14. The van der Waals surface area contributed by atoms with Gasteiger partial charge in [-0.25, -0.2) is 0 Å². The molecule has 0 aliphatic heterocycles. The molecule has 0 bridgehead atoms. The largest absolute Gasteiger partial charge is 0.295 e. The molecule has 0 saturated carbocycles. The molecule has 0 fully saturated rings. The van der Waals surface area contributed by atoms with Gasteiger partial charge in [-0.3, -0.25) is 14.9 Å². The standard InChI is InChI=1S/C15H19NO3/c1-2-3-4-5-9-15(17)11-10-13-7-6-8-14(12-13)16(18)19/h6-8,10-12H,2-5,9H2,1H3. The van der Waals surface area contributed by atoms with Crippen LogP contribution in [0.3, 0.4) is 0 Å². The average Bonchev–Trinajstić information content (AvgIpc) is 2.41. The second-order valence-electron chi connectivity index (χ2n) is 4.46. The van der Waals surface area contributed by atoms with Gasteiger partial charge in [0.2, 0.25) is 0 Å². The third-order valence-corrected chi connectivity index (χ3v) is 2.82. The van der Waals surface area contributed by atoms with Gasteiger partial charge in [0.1, 0.15) is 0 Å². The quantitative estimate of drug-likeness (QED) is 0.306. The number of ketones is 1. The summed E-state index contributed by atoms with van der Waals surface area (Å²) >= 11 is 0. The Morgan fingerprint density at radius 1 is 1.32 bits per heavy atom. The third-order valence-electron chi connectivity index (χ3n) is 2.82. The van der Waals surface area contributed by atoms with E-state index in [2.05, 4.69) is 6.92 Å². The van der Waals surface area contributed by atoms with Gasteiger partial charge >= 0.3 is 0 Å². The number of nitro benzene ring substituents is 1. The van der Waals surface area contributed by atoms with Gasteiger partial charge in [0.05, 0.1) is 4.92 Å². The van der Waals surface area contributed by atoms with E-state index in [0.717, 1.165) is 25.7 Å². The molecule has 0 aliphatic carbocycles. The van der Waals surface area contributed by atoms with Crippen molar-refractivity contribution >= 4 is 17.5 Å². The lowest BCUT2D eigenvalue weighted by molar-refractivity contribution is -0.384. The van der Waals surface area contributed by atoms with Gasteiger partial charge < -0.3 is 0 Å². The van der Waals surface area contributed by atoms with Gasteiger partial charge in [-0.2, -0.15) is 0 Å². The summed E-state index contributed by atoms with van der Waals surface area (Å²) in [6.45, 7) is 2.13. The van der Waals surface area contributed by atoms with Crippen molar-refractivity contribution < 1.29 is 9.72 Å². The highest BCUT2D eigenvalue weighted by atomic mass is 16.6. The predicted octanol–water partition coefficient (Wildman–Crippen LogP) is 4.15. The van der Waals surface area contributed by atoms with Crippen molar-refractivity contribution in [3.05, 3.63) is 46.0 Å². The van der Waals surface area contributed by atoms with E-state index < -0.39 is 4.92 Å². The minimum Gasteiger partial charge on any atom is -0.295 e. The van der Waals surface area contributed by atoms with E-state index in [1.807, 2.05) is 0 Å². The topological polar surface area (TPSA) is 60.2 Å². The minimum absolute atomic E-state index is 0.0394. The molecule has 1 aromatic rings.